The summed E-state index contributed by atoms with van der Waals surface area (Å²) in [5, 5.41) is 14.7. The second-order valence-corrected chi connectivity index (χ2v) is 10.9. The standard InChI is InChI=1S/C28H29N7O2S/c1-19-24(22-17-21(10-11-35(22)32-19)34-12-15-36-16-13-34)27-31-25(20-7-3-2-4-8-20)26(38-27)28(29-18-30-33-28)23-9-5-6-14-37-23/h2-4,7-8,10-11,17-18,23H,5-6,9,12-16H2,1H3. The number of aromatic nitrogens is 3. The number of ether oxygens (including phenoxy) is 2. The monoisotopic (exact) mass is 527 g/mol. The molecule has 4 aromatic rings. The number of benzene rings is 1. The lowest BCUT2D eigenvalue weighted by Crippen LogP contribution is -2.39. The molecule has 0 spiro atoms. The summed E-state index contributed by atoms with van der Waals surface area (Å²) in [6.45, 7) is 6.00. The normalized spacial score (nSPS) is 23.5. The number of morpholine rings is 1. The summed E-state index contributed by atoms with van der Waals surface area (Å²) in [6.07, 6.45) is 6.45. The van der Waals surface area contributed by atoms with Crippen LogP contribution in [0.2, 0.25) is 0 Å². The van der Waals surface area contributed by atoms with Crippen LogP contribution >= 0.6 is 11.3 Å². The Hall–Kier alpha value is -3.47. The first-order chi connectivity index (χ1) is 18.7. The molecule has 9 nitrogen and oxygen atoms in total. The van der Waals surface area contributed by atoms with Gasteiger partial charge in [-0.25, -0.2) is 14.5 Å². The smallest absolute Gasteiger partial charge is 0.234 e. The number of nitrogens with zero attached hydrogens (tertiary/aromatic N) is 7. The second kappa shape index (κ2) is 9.68. The van der Waals surface area contributed by atoms with Crippen LogP contribution in [0, 0.1) is 6.92 Å². The van der Waals surface area contributed by atoms with Crippen LogP contribution in [0.3, 0.4) is 0 Å². The molecule has 2 unspecified atom stereocenters. The molecule has 7 rings (SSSR count). The fourth-order valence-corrected chi connectivity index (χ4v) is 6.93. The zero-order valence-corrected chi connectivity index (χ0v) is 22.1. The van der Waals surface area contributed by atoms with Crippen molar-refractivity contribution in [3.05, 3.63) is 59.2 Å². The summed E-state index contributed by atoms with van der Waals surface area (Å²) in [5.41, 5.74) is 5.16. The first-order valence-electron chi connectivity index (χ1n) is 13.2. The third-order valence-corrected chi connectivity index (χ3v) is 8.72. The van der Waals surface area contributed by atoms with Gasteiger partial charge in [-0.3, -0.25) is 0 Å². The lowest BCUT2D eigenvalue weighted by Gasteiger charge is -2.33. The predicted molar refractivity (Wildman–Crippen MR) is 148 cm³/mol. The van der Waals surface area contributed by atoms with Gasteiger partial charge in [-0.15, -0.1) is 21.6 Å². The van der Waals surface area contributed by atoms with Crippen molar-refractivity contribution in [2.75, 3.05) is 37.8 Å². The Morgan fingerprint density at radius 1 is 1.05 bits per heavy atom. The summed E-state index contributed by atoms with van der Waals surface area (Å²) >= 11 is 1.63. The molecule has 0 aliphatic carbocycles. The maximum absolute atomic E-state index is 6.27. The maximum Gasteiger partial charge on any atom is 0.234 e. The fourth-order valence-electron chi connectivity index (χ4n) is 5.61. The number of thiazole rings is 1. The highest BCUT2D eigenvalue weighted by Crippen LogP contribution is 2.49. The zero-order chi connectivity index (χ0) is 25.5. The Labute approximate surface area is 224 Å². The van der Waals surface area contributed by atoms with E-state index in [-0.39, 0.29) is 6.10 Å². The number of aryl methyl sites for hydroxylation is 1. The minimum atomic E-state index is -0.919. The molecule has 3 aliphatic heterocycles. The molecule has 38 heavy (non-hydrogen) atoms. The molecule has 194 valence electrons. The maximum atomic E-state index is 6.27. The lowest BCUT2D eigenvalue weighted by molar-refractivity contribution is -0.0305. The largest absolute Gasteiger partial charge is 0.378 e. The van der Waals surface area contributed by atoms with Gasteiger partial charge < -0.3 is 14.4 Å². The van der Waals surface area contributed by atoms with E-state index in [1.54, 1.807) is 17.7 Å². The molecule has 0 amide bonds. The highest BCUT2D eigenvalue weighted by Gasteiger charge is 2.48. The van der Waals surface area contributed by atoms with Crippen molar-refractivity contribution in [3.8, 4) is 21.8 Å². The minimum absolute atomic E-state index is 0.174. The molecule has 10 heteroatoms. The molecule has 0 N–H and O–H groups in total. The number of hydrogen-bond donors (Lipinski definition) is 0. The number of rotatable bonds is 5. The van der Waals surface area contributed by atoms with Gasteiger partial charge in [0.05, 0.1) is 40.6 Å². The summed E-state index contributed by atoms with van der Waals surface area (Å²) in [6, 6.07) is 14.6. The molecule has 0 bridgehead atoms. The van der Waals surface area contributed by atoms with Gasteiger partial charge in [0.25, 0.3) is 0 Å². The van der Waals surface area contributed by atoms with Crippen LogP contribution in [0.4, 0.5) is 5.69 Å². The van der Waals surface area contributed by atoms with Gasteiger partial charge in [-0.1, -0.05) is 30.3 Å². The Kier molecular flexibility index (Phi) is 6.02. The molecule has 2 fully saturated rings. The Morgan fingerprint density at radius 2 is 1.92 bits per heavy atom. The molecule has 2 atom stereocenters. The number of fused-ring (bicyclic) bond motifs is 1. The lowest BCUT2D eigenvalue weighted by atomic mass is 9.93. The fraction of sp³-hybridized carbons (Fsp3) is 0.393. The summed E-state index contributed by atoms with van der Waals surface area (Å²) in [4.78, 5) is 13.4. The van der Waals surface area contributed by atoms with E-state index in [0.29, 0.717) is 6.61 Å². The van der Waals surface area contributed by atoms with Crippen LogP contribution in [0.25, 0.3) is 27.3 Å². The van der Waals surface area contributed by atoms with Crippen LogP contribution in [-0.2, 0) is 15.1 Å². The first kappa shape index (κ1) is 23.6. The van der Waals surface area contributed by atoms with Crippen LogP contribution in [0.15, 0.2) is 63.9 Å². The van der Waals surface area contributed by atoms with Gasteiger partial charge in [-0.05, 0) is 38.3 Å². The van der Waals surface area contributed by atoms with Crippen LogP contribution in [-0.4, -0.2) is 60.0 Å². The summed E-state index contributed by atoms with van der Waals surface area (Å²) in [7, 11) is 0. The molecular weight excluding hydrogens is 498 g/mol. The van der Waals surface area contributed by atoms with Crippen LogP contribution in [0.5, 0.6) is 0 Å². The molecule has 1 aromatic carbocycles. The van der Waals surface area contributed by atoms with Crippen LogP contribution < -0.4 is 4.90 Å². The van der Waals surface area contributed by atoms with Crippen molar-refractivity contribution in [3.63, 3.8) is 0 Å². The molecule has 0 saturated carbocycles. The van der Waals surface area contributed by atoms with E-state index in [0.717, 1.165) is 83.5 Å². The number of anilines is 1. The quantitative estimate of drug-likeness (QED) is 0.343. The van der Waals surface area contributed by atoms with Gasteiger partial charge in [0.2, 0.25) is 5.66 Å². The van der Waals surface area contributed by atoms with Gasteiger partial charge >= 0.3 is 0 Å². The van der Waals surface area contributed by atoms with Gasteiger partial charge in [0.1, 0.15) is 17.5 Å². The third-order valence-electron chi connectivity index (χ3n) is 7.54. The van der Waals surface area contributed by atoms with Crippen molar-refractivity contribution in [1.82, 2.24) is 14.6 Å². The van der Waals surface area contributed by atoms with Crippen molar-refractivity contribution < 1.29 is 9.47 Å². The molecule has 3 aliphatic rings. The Bertz CT molecular complexity index is 1500. The SMILES string of the molecule is Cc1nn2ccc(N3CCOCC3)cc2c1-c1nc(-c2ccccc2)c(C2(C3CCCCO3)N=CN=N2)s1. The van der Waals surface area contributed by atoms with Crippen molar-refractivity contribution in [1.29, 1.82) is 0 Å². The second-order valence-electron chi connectivity index (χ2n) is 9.88. The van der Waals surface area contributed by atoms with Gasteiger partial charge in [0.15, 0.2) is 0 Å². The highest BCUT2D eigenvalue weighted by molar-refractivity contribution is 7.15. The predicted octanol–water partition coefficient (Wildman–Crippen LogP) is 5.49. The van der Waals surface area contributed by atoms with E-state index in [4.69, 9.17) is 29.7 Å². The average Bonchev–Trinajstić information content (AvgIpc) is 3.71. The minimum Gasteiger partial charge on any atom is -0.378 e. The van der Waals surface area contributed by atoms with E-state index >= 15 is 0 Å². The molecule has 6 heterocycles. The summed E-state index contributed by atoms with van der Waals surface area (Å²) in [5.74, 6) is 0. The number of hydrogen-bond acceptors (Lipinski definition) is 9. The van der Waals surface area contributed by atoms with E-state index < -0.39 is 5.66 Å². The molecule has 3 aromatic heterocycles. The molecular formula is C28H29N7O2S. The summed E-state index contributed by atoms with van der Waals surface area (Å²) < 4.78 is 13.8. The Balaban J connectivity index is 1.40. The van der Waals surface area contributed by atoms with E-state index in [1.165, 1.54) is 5.69 Å². The van der Waals surface area contributed by atoms with E-state index in [1.807, 2.05) is 35.8 Å². The number of aliphatic imine (C=N–C) groups is 1. The van der Waals surface area contributed by atoms with Gasteiger partial charge in [0, 0.05) is 37.1 Å². The topological polar surface area (TPSA) is 89.0 Å². The number of pyridine rings is 1. The van der Waals surface area contributed by atoms with Crippen molar-refractivity contribution >= 4 is 28.9 Å². The van der Waals surface area contributed by atoms with E-state index in [9.17, 15) is 0 Å². The van der Waals surface area contributed by atoms with Gasteiger partial charge in [-0.2, -0.15) is 5.10 Å². The van der Waals surface area contributed by atoms with Crippen LogP contribution in [0.1, 0.15) is 29.8 Å². The molecule has 2 saturated heterocycles. The zero-order valence-electron chi connectivity index (χ0n) is 21.3. The Morgan fingerprint density at radius 3 is 2.68 bits per heavy atom. The van der Waals surface area contributed by atoms with Crippen molar-refractivity contribution in [2.24, 2.45) is 15.2 Å². The van der Waals surface area contributed by atoms with Crippen molar-refractivity contribution in [2.45, 2.75) is 38.0 Å². The molecule has 0 radical (unpaired) electrons. The van der Waals surface area contributed by atoms with E-state index in [2.05, 4.69) is 34.3 Å². The third kappa shape index (κ3) is 3.95. The average molecular weight is 528 g/mol. The number of azo groups is 1. The highest BCUT2D eigenvalue weighted by atomic mass is 32.1. The first-order valence-corrected chi connectivity index (χ1v) is 14.0.